The van der Waals surface area contributed by atoms with E-state index in [1.54, 1.807) is 0 Å². The first kappa shape index (κ1) is 21.9. The van der Waals surface area contributed by atoms with Gasteiger partial charge in [0.05, 0.1) is 18.1 Å². The smallest absolute Gasteiger partial charge is 0.337 e. The number of Topliss-reactive ketones (excluding diaryl/α,β-unsaturated/α-hetero) is 1. The van der Waals surface area contributed by atoms with Crippen LogP contribution in [0.3, 0.4) is 0 Å². The molecule has 1 aliphatic heterocycles. The molecule has 5 nitrogen and oxygen atoms in total. The monoisotopic (exact) mass is 431 g/mol. The highest BCUT2D eigenvalue weighted by molar-refractivity contribution is 6.04. The second-order valence-corrected chi connectivity index (χ2v) is 8.21. The zero-order valence-corrected chi connectivity index (χ0v) is 18.6. The van der Waals surface area contributed by atoms with E-state index in [2.05, 4.69) is 12.2 Å². The topological polar surface area (TPSA) is 64.6 Å². The molecule has 0 saturated carbocycles. The number of benzene rings is 2. The molecule has 0 amide bonds. The molecule has 2 aromatic carbocycles. The van der Waals surface area contributed by atoms with E-state index >= 15 is 0 Å². The maximum atomic E-state index is 13.4. The summed E-state index contributed by atoms with van der Waals surface area (Å²) in [5.74, 6) is -0.142. The summed E-state index contributed by atoms with van der Waals surface area (Å²) in [5, 5.41) is 3.34. The Hall–Kier alpha value is -3.34. The molecule has 0 spiro atoms. The molecular formula is C27H29NO4. The summed E-state index contributed by atoms with van der Waals surface area (Å²) in [7, 11) is 0. The van der Waals surface area contributed by atoms with Crippen molar-refractivity contribution >= 4 is 11.8 Å². The lowest BCUT2D eigenvalue weighted by Crippen LogP contribution is -2.34. The van der Waals surface area contributed by atoms with Crippen molar-refractivity contribution in [2.24, 2.45) is 0 Å². The Morgan fingerprint density at radius 1 is 1.06 bits per heavy atom. The van der Waals surface area contributed by atoms with Crippen molar-refractivity contribution in [3.63, 3.8) is 0 Å². The van der Waals surface area contributed by atoms with Gasteiger partial charge < -0.3 is 14.8 Å². The van der Waals surface area contributed by atoms with Gasteiger partial charge in [-0.1, -0.05) is 55.5 Å². The van der Waals surface area contributed by atoms with E-state index in [1.165, 1.54) is 0 Å². The van der Waals surface area contributed by atoms with Gasteiger partial charge >= 0.3 is 5.97 Å². The van der Waals surface area contributed by atoms with Crippen molar-refractivity contribution in [3.8, 4) is 5.75 Å². The fourth-order valence-electron chi connectivity index (χ4n) is 4.43. The molecule has 0 radical (unpaired) electrons. The molecule has 0 fully saturated rings. The number of ether oxygens (including phenoxy) is 2. The van der Waals surface area contributed by atoms with E-state index < -0.39 is 11.9 Å². The first-order valence-electron chi connectivity index (χ1n) is 11.3. The third-order valence-corrected chi connectivity index (χ3v) is 5.90. The van der Waals surface area contributed by atoms with Crippen LogP contribution in [0.2, 0.25) is 0 Å². The summed E-state index contributed by atoms with van der Waals surface area (Å²) in [4.78, 5) is 26.5. The Labute approximate surface area is 189 Å². The SMILES string of the molecule is CCCOc1ccccc1C1C(C(=O)OCc2ccccc2)=C(C)NC2=C1C(=O)CCC2. The molecule has 0 aromatic heterocycles. The van der Waals surface area contributed by atoms with Gasteiger partial charge in [-0.2, -0.15) is 0 Å². The largest absolute Gasteiger partial charge is 0.493 e. The molecule has 1 N–H and O–H groups in total. The van der Waals surface area contributed by atoms with Gasteiger partial charge in [0.2, 0.25) is 0 Å². The maximum Gasteiger partial charge on any atom is 0.337 e. The van der Waals surface area contributed by atoms with Crippen LogP contribution in [0, 0.1) is 0 Å². The normalized spacial score (nSPS) is 18.2. The van der Waals surface area contributed by atoms with E-state index in [1.807, 2.05) is 61.5 Å². The van der Waals surface area contributed by atoms with Crippen molar-refractivity contribution in [2.45, 2.75) is 52.1 Å². The van der Waals surface area contributed by atoms with Gasteiger partial charge in [0, 0.05) is 29.0 Å². The second-order valence-electron chi connectivity index (χ2n) is 8.21. The van der Waals surface area contributed by atoms with Crippen LogP contribution in [0.5, 0.6) is 5.75 Å². The summed E-state index contributed by atoms with van der Waals surface area (Å²) in [6.45, 7) is 4.68. The minimum atomic E-state index is -0.504. The molecule has 2 aliphatic rings. The standard InChI is InChI=1S/C27H29NO4/c1-3-16-31-23-15-8-7-12-20(23)25-24(27(30)32-17-19-10-5-4-6-11-19)18(2)28-21-13-9-14-22(29)26(21)25/h4-8,10-12,15,25,28H,3,9,13-14,16-17H2,1-2H3. The van der Waals surface area contributed by atoms with Crippen LogP contribution in [0.4, 0.5) is 0 Å². The van der Waals surface area contributed by atoms with Crippen LogP contribution in [0.15, 0.2) is 77.1 Å². The summed E-state index contributed by atoms with van der Waals surface area (Å²) < 4.78 is 11.7. The maximum absolute atomic E-state index is 13.4. The van der Waals surface area contributed by atoms with Crippen LogP contribution in [-0.4, -0.2) is 18.4 Å². The molecule has 5 heteroatoms. The number of nitrogens with one attached hydrogen (secondary N) is 1. The zero-order chi connectivity index (χ0) is 22.5. The minimum Gasteiger partial charge on any atom is -0.493 e. The Bertz CT molecular complexity index is 1070. The highest BCUT2D eigenvalue weighted by Crippen LogP contribution is 2.45. The highest BCUT2D eigenvalue weighted by atomic mass is 16.5. The van der Waals surface area contributed by atoms with Crippen LogP contribution >= 0.6 is 0 Å². The number of carbonyl (C=O) groups is 2. The molecule has 32 heavy (non-hydrogen) atoms. The van der Waals surface area contributed by atoms with Crippen LogP contribution in [0.1, 0.15) is 56.6 Å². The van der Waals surface area contributed by atoms with E-state index in [9.17, 15) is 9.59 Å². The molecule has 1 heterocycles. The number of ketones is 1. The van der Waals surface area contributed by atoms with Crippen LogP contribution in [-0.2, 0) is 20.9 Å². The van der Waals surface area contributed by atoms with E-state index in [4.69, 9.17) is 9.47 Å². The second kappa shape index (κ2) is 9.86. The molecule has 1 unspecified atom stereocenters. The van der Waals surface area contributed by atoms with Crippen molar-refractivity contribution in [2.75, 3.05) is 6.61 Å². The van der Waals surface area contributed by atoms with Crippen molar-refractivity contribution in [1.29, 1.82) is 0 Å². The van der Waals surface area contributed by atoms with Crippen LogP contribution in [0.25, 0.3) is 0 Å². The number of esters is 1. The van der Waals surface area contributed by atoms with Crippen LogP contribution < -0.4 is 10.1 Å². The first-order valence-corrected chi connectivity index (χ1v) is 11.3. The average Bonchev–Trinajstić information content (AvgIpc) is 2.81. The predicted molar refractivity (Wildman–Crippen MR) is 123 cm³/mol. The summed E-state index contributed by atoms with van der Waals surface area (Å²) in [5.41, 5.74) is 4.53. The number of rotatable bonds is 7. The Kier molecular flexibility index (Phi) is 6.74. The molecule has 0 saturated heterocycles. The molecule has 0 bridgehead atoms. The zero-order valence-electron chi connectivity index (χ0n) is 18.6. The number of dihydropyridines is 1. The first-order chi connectivity index (χ1) is 15.6. The third-order valence-electron chi connectivity index (χ3n) is 5.90. The molecule has 1 atom stereocenters. The number of allylic oxidation sites excluding steroid dienone is 3. The number of para-hydroxylation sites is 1. The van der Waals surface area contributed by atoms with Gasteiger partial charge in [-0.05, 0) is 37.8 Å². The van der Waals surface area contributed by atoms with Gasteiger partial charge in [0.15, 0.2) is 5.78 Å². The molecule has 4 rings (SSSR count). The van der Waals surface area contributed by atoms with Gasteiger partial charge in [-0.3, -0.25) is 4.79 Å². The van der Waals surface area contributed by atoms with Crippen molar-refractivity contribution < 1.29 is 19.1 Å². The van der Waals surface area contributed by atoms with Gasteiger partial charge in [0.25, 0.3) is 0 Å². The third kappa shape index (κ3) is 4.47. The fraction of sp³-hybridized carbons (Fsp3) is 0.333. The molecular weight excluding hydrogens is 402 g/mol. The number of hydrogen-bond donors (Lipinski definition) is 1. The van der Waals surface area contributed by atoms with Crippen molar-refractivity contribution in [3.05, 3.63) is 88.3 Å². The molecule has 2 aromatic rings. The van der Waals surface area contributed by atoms with Gasteiger partial charge in [-0.15, -0.1) is 0 Å². The molecule has 1 aliphatic carbocycles. The lowest BCUT2D eigenvalue weighted by Gasteiger charge is -2.34. The Morgan fingerprint density at radius 3 is 2.59 bits per heavy atom. The molecule has 166 valence electrons. The quantitative estimate of drug-likeness (QED) is 0.612. The number of hydrogen-bond acceptors (Lipinski definition) is 5. The average molecular weight is 432 g/mol. The Balaban J connectivity index is 1.74. The van der Waals surface area contributed by atoms with Crippen molar-refractivity contribution in [1.82, 2.24) is 5.32 Å². The number of carbonyl (C=O) groups excluding carboxylic acids is 2. The van der Waals surface area contributed by atoms with E-state index in [0.717, 1.165) is 41.8 Å². The summed E-state index contributed by atoms with van der Waals surface area (Å²) in [6, 6.07) is 17.3. The minimum absolute atomic E-state index is 0.0786. The van der Waals surface area contributed by atoms with E-state index in [-0.39, 0.29) is 12.4 Å². The summed E-state index contributed by atoms with van der Waals surface area (Å²) in [6.07, 6.45) is 2.96. The summed E-state index contributed by atoms with van der Waals surface area (Å²) >= 11 is 0. The predicted octanol–water partition coefficient (Wildman–Crippen LogP) is 5.19. The lowest BCUT2D eigenvalue weighted by atomic mass is 9.75. The van der Waals surface area contributed by atoms with Gasteiger partial charge in [0.1, 0.15) is 12.4 Å². The highest BCUT2D eigenvalue weighted by Gasteiger charge is 2.40. The van der Waals surface area contributed by atoms with E-state index in [0.29, 0.717) is 29.9 Å². The fourth-order valence-corrected chi connectivity index (χ4v) is 4.43. The van der Waals surface area contributed by atoms with Gasteiger partial charge in [-0.25, -0.2) is 4.79 Å². The Morgan fingerprint density at radius 2 is 1.81 bits per heavy atom. The lowest BCUT2D eigenvalue weighted by molar-refractivity contribution is -0.140.